The quantitative estimate of drug-likeness (QED) is 0.687. The van der Waals surface area contributed by atoms with Crippen molar-refractivity contribution in [2.24, 2.45) is 0 Å². The summed E-state index contributed by atoms with van der Waals surface area (Å²) in [7, 11) is 0. The molecule has 0 atom stereocenters. The van der Waals surface area contributed by atoms with Gasteiger partial charge in [0.05, 0.1) is 6.61 Å². The van der Waals surface area contributed by atoms with Crippen LogP contribution in [0.3, 0.4) is 0 Å². The third-order valence-electron chi connectivity index (χ3n) is 2.66. The van der Waals surface area contributed by atoms with E-state index in [1.54, 1.807) is 0 Å². The van der Waals surface area contributed by atoms with Crippen LogP contribution in [0.1, 0.15) is 38.7 Å². The molecule has 1 aromatic carbocycles. The normalized spacial score (nSPS) is 10.3. The van der Waals surface area contributed by atoms with Crippen LogP contribution in [0.5, 0.6) is 5.75 Å². The minimum atomic E-state index is 0.291. The second-order valence-electron chi connectivity index (χ2n) is 3.95. The lowest BCUT2D eigenvalue weighted by atomic mass is 10.1. The largest absolute Gasteiger partial charge is 0.494 e. The van der Waals surface area contributed by atoms with Gasteiger partial charge in [-0.25, -0.2) is 0 Å². The van der Waals surface area contributed by atoms with Crippen molar-refractivity contribution >= 4 is 17.4 Å². The average Bonchev–Trinajstić information content (AvgIpc) is 2.36. The molecule has 0 unspecified atom stereocenters. The van der Waals surface area contributed by atoms with E-state index >= 15 is 0 Å². The molecule has 0 aliphatic rings. The number of Topliss-reactive ketones (excluding diaryl/α,β-unsaturated/α-hetero) is 1. The second kappa shape index (κ2) is 7.33. The first kappa shape index (κ1) is 14.0. The van der Waals surface area contributed by atoms with Gasteiger partial charge in [-0.2, -0.15) is 0 Å². The minimum absolute atomic E-state index is 0.291. The summed E-state index contributed by atoms with van der Waals surface area (Å²) in [4.78, 5) is 11.1. The van der Waals surface area contributed by atoms with Crippen LogP contribution in [-0.4, -0.2) is 12.4 Å². The number of halogens is 1. The van der Waals surface area contributed by atoms with Crippen molar-refractivity contribution in [3.05, 3.63) is 28.8 Å². The molecule has 94 valence electrons. The Morgan fingerprint density at radius 3 is 2.76 bits per heavy atom. The summed E-state index contributed by atoms with van der Waals surface area (Å²) in [5, 5.41) is 0.779. The van der Waals surface area contributed by atoms with Crippen LogP contribution in [0.25, 0.3) is 0 Å². The van der Waals surface area contributed by atoms with Gasteiger partial charge in [0, 0.05) is 17.9 Å². The van der Waals surface area contributed by atoms with Crippen LogP contribution < -0.4 is 4.74 Å². The Balaban J connectivity index is 2.39. The van der Waals surface area contributed by atoms with E-state index < -0.39 is 0 Å². The van der Waals surface area contributed by atoms with E-state index in [1.165, 1.54) is 0 Å². The van der Waals surface area contributed by atoms with Gasteiger partial charge in [-0.15, -0.1) is 0 Å². The predicted molar refractivity (Wildman–Crippen MR) is 70.9 cm³/mol. The number of ether oxygens (including phenoxy) is 1. The molecule has 0 saturated heterocycles. The van der Waals surface area contributed by atoms with Crippen molar-refractivity contribution in [1.29, 1.82) is 0 Å². The van der Waals surface area contributed by atoms with E-state index in [0.29, 0.717) is 25.2 Å². The molecule has 0 spiro atoms. The van der Waals surface area contributed by atoms with E-state index in [-0.39, 0.29) is 0 Å². The van der Waals surface area contributed by atoms with E-state index in [9.17, 15) is 4.79 Å². The highest BCUT2D eigenvalue weighted by atomic mass is 35.5. The molecule has 0 aromatic heterocycles. The van der Waals surface area contributed by atoms with Crippen molar-refractivity contribution in [1.82, 2.24) is 0 Å². The maximum atomic E-state index is 11.1. The molecule has 1 rings (SSSR count). The summed E-state index contributed by atoms with van der Waals surface area (Å²) in [5.74, 6) is 1.12. The van der Waals surface area contributed by atoms with Gasteiger partial charge >= 0.3 is 0 Å². The van der Waals surface area contributed by atoms with Crippen LogP contribution in [0.2, 0.25) is 5.02 Å². The Morgan fingerprint density at radius 1 is 1.35 bits per heavy atom. The van der Waals surface area contributed by atoms with Crippen molar-refractivity contribution in [3.8, 4) is 5.75 Å². The number of carbonyl (C=O) groups excluding carboxylic acids is 1. The van der Waals surface area contributed by atoms with Gasteiger partial charge in [-0.05, 0) is 36.6 Å². The van der Waals surface area contributed by atoms with Gasteiger partial charge in [0.25, 0.3) is 0 Å². The van der Waals surface area contributed by atoms with Crippen LogP contribution in [0.4, 0.5) is 0 Å². The zero-order chi connectivity index (χ0) is 12.7. The van der Waals surface area contributed by atoms with E-state index in [0.717, 1.165) is 29.2 Å². The fourth-order valence-electron chi connectivity index (χ4n) is 1.55. The highest BCUT2D eigenvalue weighted by Gasteiger charge is 2.02. The number of hydrogen-bond donors (Lipinski definition) is 0. The fraction of sp³-hybridized carbons (Fsp3) is 0.500. The third-order valence-corrected chi connectivity index (χ3v) is 3.03. The molecule has 0 N–H and O–H groups in total. The predicted octanol–water partition coefficient (Wildman–Crippen LogP) is 4.04. The minimum Gasteiger partial charge on any atom is -0.494 e. The zero-order valence-corrected chi connectivity index (χ0v) is 11.2. The Labute approximate surface area is 108 Å². The van der Waals surface area contributed by atoms with Gasteiger partial charge in [0.2, 0.25) is 0 Å². The van der Waals surface area contributed by atoms with Crippen molar-refractivity contribution < 1.29 is 9.53 Å². The third kappa shape index (κ3) is 4.78. The van der Waals surface area contributed by atoms with Crippen molar-refractivity contribution in [2.45, 2.75) is 39.5 Å². The summed E-state index contributed by atoms with van der Waals surface area (Å²) in [6, 6.07) is 5.68. The number of rotatable bonds is 7. The fourth-order valence-corrected chi connectivity index (χ4v) is 1.80. The highest BCUT2D eigenvalue weighted by molar-refractivity contribution is 6.31. The van der Waals surface area contributed by atoms with Gasteiger partial charge in [-0.1, -0.05) is 25.4 Å². The topological polar surface area (TPSA) is 26.3 Å². The molecule has 0 aliphatic heterocycles. The standard InChI is InChI=1S/C14H19ClO2/c1-3-11-10-13(7-8-14(11)15)17-9-5-6-12(16)4-2/h7-8,10H,3-6,9H2,1-2H3. The smallest absolute Gasteiger partial charge is 0.132 e. The van der Waals surface area contributed by atoms with E-state index in [2.05, 4.69) is 6.92 Å². The molecule has 0 fully saturated rings. The van der Waals surface area contributed by atoms with Gasteiger partial charge < -0.3 is 4.74 Å². The lowest BCUT2D eigenvalue weighted by molar-refractivity contribution is -0.118. The SMILES string of the molecule is CCC(=O)CCCOc1ccc(Cl)c(CC)c1. The van der Waals surface area contributed by atoms with E-state index in [4.69, 9.17) is 16.3 Å². The molecular formula is C14H19ClO2. The first-order chi connectivity index (χ1) is 8.17. The molecule has 17 heavy (non-hydrogen) atoms. The second-order valence-corrected chi connectivity index (χ2v) is 4.36. The molecule has 0 heterocycles. The summed E-state index contributed by atoms with van der Waals surface area (Å²) >= 11 is 6.02. The Hall–Kier alpha value is -1.02. The van der Waals surface area contributed by atoms with Gasteiger partial charge in [0.1, 0.15) is 11.5 Å². The monoisotopic (exact) mass is 254 g/mol. The van der Waals surface area contributed by atoms with Crippen LogP contribution in [0.15, 0.2) is 18.2 Å². The first-order valence-corrected chi connectivity index (χ1v) is 6.48. The molecule has 0 bridgehead atoms. The van der Waals surface area contributed by atoms with Crippen molar-refractivity contribution in [2.75, 3.05) is 6.61 Å². The highest BCUT2D eigenvalue weighted by Crippen LogP contribution is 2.22. The molecule has 0 aliphatic carbocycles. The Morgan fingerprint density at radius 2 is 2.12 bits per heavy atom. The lowest BCUT2D eigenvalue weighted by Gasteiger charge is -2.08. The molecule has 0 amide bonds. The van der Waals surface area contributed by atoms with Crippen molar-refractivity contribution in [3.63, 3.8) is 0 Å². The van der Waals surface area contributed by atoms with E-state index in [1.807, 2.05) is 25.1 Å². The average molecular weight is 255 g/mol. The Bertz CT molecular complexity index is 374. The molecule has 0 saturated carbocycles. The van der Waals surface area contributed by atoms with Crippen LogP contribution in [-0.2, 0) is 11.2 Å². The number of aryl methyl sites for hydroxylation is 1. The number of ketones is 1. The maximum Gasteiger partial charge on any atom is 0.132 e. The summed E-state index contributed by atoms with van der Waals surface area (Å²) < 4.78 is 5.59. The number of hydrogen-bond acceptors (Lipinski definition) is 2. The number of benzene rings is 1. The first-order valence-electron chi connectivity index (χ1n) is 6.10. The molecule has 0 radical (unpaired) electrons. The zero-order valence-electron chi connectivity index (χ0n) is 10.5. The molecule has 2 nitrogen and oxygen atoms in total. The van der Waals surface area contributed by atoms with Gasteiger partial charge in [-0.3, -0.25) is 4.79 Å². The lowest BCUT2D eigenvalue weighted by Crippen LogP contribution is -2.02. The van der Waals surface area contributed by atoms with Gasteiger partial charge in [0.15, 0.2) is 0 Å². The Kier molecular flexibility index (Phi) is 6.06. The molecular weight excluding hydrogens is 236 g/mol. The summed E-state index contributed by atoms with van der Waals surface area (Å²) in [6.45, 7) is 4.53. The summed E-state index contributed by atoms with van der Waals surface area (Å²) in [6.07, 6.45) is 2.88. The molecule has 1 aromatic rings. The van der Waals surface area contributed by atoms with Crippen LogP contribution in [0, 0.1) is 0 Å². The summed E-state index contributed by atoms with van der Waals surface area (Å²) in [5.41, 5.74) is 1.09. The van der Waals surface area contributed by atoms with Crippen LogP contribution >= 0.6 is 11.6 Å². The number of carbonyl (C=O) groups is 1. The molecule has 3 heteroatoms. The maximum absolute atomic E-state index is 11.1.